The first-order valence-corrected chi connectivity index (χ1v) is 5.92. The average molecular weight is 280 g/mol. The fourth-order valence-corrected chi connectivity index (χ4v) is 1.91. The van der Waals surface area contributed by atoms with E-state index in [2.05, 4.69) is 5.32 Å². The maximum Gasteiger partial charge on any atom is 0.337 e. The summed E-state index contributed by atoms with van der Waals surface area (Å²) in [6, 6.07) is 9.05. The van der Waals surface area contributed by atoms with Gasteiger partial charge in [0, 0.05) is 0 Å². The standard InChI is InChI=1S/C14H11ClFNO2/c1-8-5-6-9(14(18)19)12(7-8)17-13-10(15)3-2-4-11(13)16/h2-7,17H,1H3,(H,18,19). The van der Waals surface area contributed by atoms with Crippen molar-refractivity contribution in [3.63, 3.8) is 0 Å². The van der Waals surface area contributed by atoms with Gasteiger partial charge in [-0.2, -0.15) is 0 Å². The van der Waals surface area contributed by atoms with Gasteiger partial charge >= 0.3 is 5.97 Å². The molecule has 19 heavy (non-hydrogen) atoms. The summed E-state index contributed by atoms with van der Waals surface area (Å²) in [4.78, 5) is 11.1. The lowest BCUT2D eigenvalue weighted by atomic mass is 10.1. The number of benzene rings is 2. The lowest BCUT2D eigenvalue weighted by Crippen LogP contribution is -2.04. The molecule has 2 aromatic rings. The molecule has 98 valence electrons. The monoisotopic (exact) mass is 279 g/mol. The van der Waals surface area contributed by atoms with E-state index < -0.39 is 11.8 Å². The van der Waals surface area contributed by atoms with E-state index in [1.165, 1.54) is 24.3 Å². The van der Waals surface area contributed by atoms with Crippen molar-refractivity contribution in [2.24, 2.45) is 0 Å². The van der Waals surface area contributed by atoms with E-state index in [1.54, 1.807) is 12.1 Å². The Balaban J connectivity index is 2.49. The first-order chi connectivity index (χ1) is 8.99. The number of hydrogen-bond donors (Lipinski definition) is 2. The molecule has 0 aliphatic carbocycles. The van der Waals surface area contributed by atoms with Gasteiger partial charge in [-0.05, 0) is 36.8 Å². The Labute approximate surface area is 114 Å². The molecule has 0 aliphatic rings. The molecule has 0 aromatic heterocycles. The van der Waals surface area contributed by atoms with Crippen LogP contribution in [-0.4, -0.2) is 11.1 Å². The van der Waals surface area contributed by atoms with E-state index >= 15 is 0 Å². The number of aromatic carboxylic acids is 1. The molecule has 2 N–H and O–H groups in total. The van der Waals surface area contributed by atoms with Gasteiger partial charge in [0.15, 0.2) is 0 Å². The maximum atomic E-state index is 13.7. The highest BCUT2D eigenvalue weighted by Gasteiger charge is 2.13. The molecular formula is C14H11ClFNO2. The summed E-state index contributed by atoms with van der Waals surface area (Å²) >= 11 is 5.90. The fourth-order valence-electron chi connectivity index (χ4n) is 1.70. The summed E-state index contributed by atoms with van der Waals surface area (Å²) < 4.78 is 13.7. The van der Waals surface area contributed by atoms with E-state index in [0.29, 0.717) is 5.69 Å². The van der Waals surface area contributed by atoms with Crippen LogP contribution in [0.4, 0.5) is 15.8 Å². The highest BCUT2D eigenvalue weighted by molar-refractivity contribution is 6.33. The number of carboxylic acids is 1. The van der Waals surface area contributed by atoms with E-state index in [-0.39, 0.29) is 16.3 Å². The number of carbonyl (C=O) groups is 1. The predicted molar refractivity (Wildman–Crippen MR) is 72.8 cm³/mol. The second kappa shape index (κ2) is 5.28. The minimum atomic E-state index is -1.09. The molecule has 0 heterocycles. The number of anilines is 2. The zero-order valence-electron chi connectivity index (χ0n) is 10.1. The zero-order chi connectivity index (χ0) is 14.0. The Morgan fingerprint density at radius 1 is 1.32 bits per heavy atom. The number of rotatable bonds is 3. The number of nitrogens with one attached hydrogen (secondary N) is 1. The summed E-state index contributed by atoms with van der Waals surface area (Å²) in [5, 5.41) is 12.0. The lowest BCUT2D eigenvalue weighted by molar-refractivity contribution is 0.0698. The summed E-state index contributed by atoms with van der Waals surface area (Å²) in [6.07, 6.45) is 0. The predicted octanol–water partition coefficient (Wildman–Crippen LogP) is 4.23. The van der Waals surface area contributed by atoms with Gasteiger partial charge in [0.2, 0.25) is 0 Å². The maximum absolute atomic E-state index is 13.7. The van der Waals surface area contributed by atoms with Crippen LogP contribution in [0.1, 0.15) is 15.9 Å². The fraction of sp³-hybridized carbons (Fsp3) is 0.0714. The van der Waals surface area contributed by atoms with Crippen molar-refractivity contribution < 1.29 is 14.3 Å². The molecule has 2 aromatic carbocycles. The molecule has 0 bridgehead atoms. The molecule has 5 heteroatoms. The summed E-state index contributed by atoms with van der Waals surface area (Å²) in [6.45, 7) is 1.82. The molecule has 0 amide bonds. The van der Waals surface area contributed by atoms with Gasteiger partial charge in [0.05, 0.1) is 22.0 Å². The Morgan fingerprint density at radius 2 is 2.05 bits per heavy atom. The second-order valence-corrected chi connectivity index (χ2v) is 4.48. The SMILES string of the molecule is Cc1ccc(C(=O)O)c(Nc2c(F)cccc2Cl)c1. The van der Waals surface area contributed by atoms with Crippen LogP contribution in [0.3, 0.4) is 0 Å². The van der Waals surface area contributed by atoms with Gasteiger partial charge in [-0.3, -0.25) is 0 Å². The van der Waals surface area contributed by atoms with Crippen LogP contribution in [0, 0.1) is 12.7 Å². The Kier molecular flexibility index (Phi) is 3.71. The summed E-state index contributed by atoms with van der Waals surface area (Å²) in [7, 11) is 0. The third-order valence-electron chi connectivity index (χ3n) is 2.63. The third-order valence-corrected chi connectivity index (χ3v) is 2.94. The van der Waals surface area contributed by atoms with Crippen LogP contribution >= 0.6 is 11.6 Å². The van der Waals surface area contributed by atoms with Gasteiger partial charge in [-0.1, -0.05) is 23.7 Å². The Morgan fingerprint density at radius 3 is 2.68 bits per heavy atom. The van der Waals surface area contributed by atoms with Crippen molar-refractivity contribution in [2.45, 2.75) is 6.92 Å². The number of aryl methyl sites for hydroxylation is 1. The molecule has 0 radical (unpaired) electrons. The number of para-hydroxylation sites is 1. The van der Waals surface area contributed by atoms with Gasteiger partial charge in [-0.15, -0.1) is 0 Å². The van der Waals surface area contributed by atoms with Crippen LogP contribution in [0.15, 0.2) is 36.4 Å². The van der Waals surface area contributed by atoms with Crippen LogP contribution in [-0.2, 0) is 0 Å². The molecular weight excluding hydrogens is 269 g/mol. The van der Waals surface area contributed by atoms with Crippen molar-refractivity contribution in [1.82, 2.24) is 0 Å². The van der Waals surface area contributed by atoms with Gasteiger partial charge < -0.3 is 10.4 Å². The topological polar surface area (TPSA) is 49.3 Å². The van der Waals surface area contributed by atoms with E-state index in [4.69, 9.17) is 16.7 Å². The third kappa shape index (κ3) is 2.85. The minimum Gasteiger partial charge on any atom is -0.478 e. The molecule has 0 saturated carbocycles. The first-order valence-electron chi connectivity index (χ1n) is 5.54. The summed E-state index contributed by atoms with van der Waals surface area (Å²) in [5.74, 6) is -1.62. The van der Waals surface area contributed by atoms with Crippen molar-refractivity contribution in [1.29, 1.82) is 0 Å². The number of carboxylic acid groups (broad SMARTS) is 1. The van der Waals surface area contributed by atoms with E-state index in [9.17, 15) is 9.18 Å². The van der Waals surface area contributed by atoms with Crippen LogP contribution in [0.5, 0.6) is 0 Å². The van der Waals surface area contributed by atoms with Crippen molar-refractivity contribution in [3.05, 3.63) is 58.4 Å². The molecule has 0 aliphatic heterocycles. The largest absolute Gasteiger partial charge is 0.478 e. The average Bonchev–Trinajstić information content (AvgIpc) is 2.33. The quantitative estimate of drug-likeness (QED) is 0.884. The Hall–Kier alpha value is -2.07. The molecule has 0 spiro atoms. The van der Waals surface area contributed by atoms with Crippen LogP contribution in [0.25, 0.3) is 0 Å². The van der Waals surface area contributed by atoms with Gasteiger partial charge in [0.1, 0.15) is 5.82 Å². The molecule has 0 saturated heterocycles. The first kappa shape index (κ1) is 13.4. The smallest absolute Gasteiger partial charge is 0.337 e. The van der Waals surface area contributed by atoms with Crippen LogP contribution in [0.2, 0.25) is 5.02 Å². The van der Waals surface area contributed by atoms with Crippen molar-refractivity contribution >= 4 is 28.9 Å². The number of hydrogen-bond acceptors (Lipinski definition) is 2. The van der Waals surface area contributed by atoms with Gasteiger partial charge in [-0.25, -0.2) is 9.18 Å². The molecule has 0 unspecified atom stereocenters. The van der Waals surface area contributed by atoms with Crippen LogP contribution < -0.4 is 5.32 Å². The lowest BCUT2D eigenvalue weighted by Gasteiger charge is -2.12. The summed E-state index contributed by atoms with van der Waals surface area (Å²) in [5.41, 5.74) is 1.29. The van der Waals surface area contributed by atoms with E-state index in [1.807, 2.05) is 6.92 Å². The second-order valence-electron chi connectivity index (χ2n) is 4.08. The number of halogens is 2. The van der Waals surface area contributed by atoms with Crippen molar-refractivity contribution in [3.8, 4) is 0 Å². The van der Waals surface area contributed by atoms with Crippen molar-refractivity contribution in [2.75, 3.05) is 5.32 Å². The molecule has 3 nitrogen and oxygen atoms in total. The Bertz CT molecular complexity index is 623. The van der Waals surface area contributed by atoms with E-state index in [0.717, 1.165) is 5.56 Å². The molecule has 0 fully saturated rings. The highest BCUT2D eigenvalue weighted by atomic mass is 35.5. The normalized spacial score (nSPS) is 10.3. The molecule has 0 atom stereocenters. The zero-order valence-corrected chi connectivity index (χ0v) is 10.8. The minimum absolute atomic E-state index is 0.0601. The highest BCUT2D eigenvalue weighted by Crippen LogP contribution is 2.30. The molecule has 2 rings (SSSR count). The van der Waals surface area contributed by atoms with Gasteiger partial charge in [0.25, 0.3) is 0 Å².